The van der Waals surface area contributed by atoms with Gasteiger partial charge in [-0.05, 0) is 39.0 Å². The van der Waals surface area contributed by atoms with E-state index in [1.165, 1.54) is 0 Å². The molecule has 0 aromatic heterocycles. The summed E-state index contributed by atoms with van der Waals surface area (Å²) in [6.45, 7) is 5.74. The van der Waals surface area contributed by atoms with Crippen molar-refractivity contribution in [3.63, 3.8) is 0 Å². The molecule has 3 N–H and O–H groups in total. The van der Waals surface area contributed by atoms with Crippen molar-refractivity contribution in [2.75, 3.05) is 32.7 Å². The van der Waals surface area contributed by atoms with E-state index in [1.807, 2.05) is 16.7 Å². The van der Waals surface area contributed by atoms with Gasteiger partial charge in [-0.2, -0.15) is 0 Å². The summed E-state index contributed by atoms with van der Waals surface area (Å²) in [6, 6.07) is 0.272. The zero-order valence-corrected chi connectivity index (χ0v) is 13.0. The lowest BCUT2D eigenvalue weighted by Gasteiger charge is -2.34. The number of amides is 3. The first-order valence-electron chi connectivity index (χ1n) is 8.15. The van der Waals surface area contributed by atoms with E-state index in [1.54, 1.807) is 0 Å². The third-order valence-electron chi connectivity index (χ3n) is 4.41. The average Bonchev–Trinajstić information content (AvgIpc) is 3.00. The molecule has 6 nitrogen and oxygen atoms in total. The van der Waals surface area contributed by atoms with Gasteiger partial charge in [-0.15, -0.1) is 0 Å². The van der Waals surface area contributed by atoms with Gasteiger partial charge in [0.2, 0.25) is 5.91 Å². The van der Waals surface area contributed by atoms with E-state index in [0.29, 0.717) is 19.6 Å². The fourth-order valence-electron chi connectivity index (χ4n) is 3.01. The molecule has 21 heavy (non-hydrogen) atoms. The molecule has 1 atom stereocenters. The predicted molar refractivity (Wildman–Crippen MR) is 81.8 cm³/mol. The van der Waals surface area contributed by atoms with Crippen LogP contribution in [-0.2, 0) is 4.79 Å². The summed E-state index contributed by atoms with van der Waals surface area (Å²) < 4.78 is 0. The number of carbonyl (C=O) groups excluding carboxylic acids is 2. The van der Waals surface area contributed by atoms with Crippen LogP contribution in [0.4, 0.5) is 4.79 Å². The number of urea groups is 1. The summed E-state index contributed by atoms with van der Waals surface area (Å²) in [5.41, 5.74) is 5.67. The van der Waals surface area contributed by atoms with Crippen LogP contribution in [0.25, 0.3) is 0 Å². The minimum Gasteiger partial charge on any atom is -0.356 e. The van der Waals surface area contributed by atoms with Gasteiger partial charge >= 0.3 is 6.03 Å². The van der Waals surface area contributed by atoms with Crippen molar-refractivity contribution in [3.8, 4) is 0 Å². The van der Waals surface area contributed by atoms with Gasteiger partial charge in [-0.25, -0.2) is 4.79 Å². The molecule has 2 heterocycles. The first kappa shape index (κ1) is 16.1. The maximum atomic E-state index is 12.3. The SMILES string of the molecule is CC(N)CCNC(=O)C1CCN(C(=O)N2CCCC2)CC1. The Morgan fingerprint density at radius 3 is 2.29 bits per heavy atom. The molecule has 0 spiro atoms. The van der Waals surface area contributed by atoms with Crippen LogP contribution < -0.4 is 11.1 Å². The van der Waals surface area contributed by atoms with E-state index in [2.05, 4.69) is 5.32 Å². The molecule has 0 aromatic carbocycles. The Morgan fingerprint density at radius 2 is 1.71 bits per heavy atom. The van der Waals surface area contributed by atoms with Crippen molar-refractivity contribution in [1.29, 1.82) is 0 Å². The van der Waals surface area contributed by atoms with Gasteiger partial charge in [0, 0.05) is 44.7 Å². The molecule has 0 aliphatic carbocycles. The van der Waals surface area contributed by atoms with Crippen molar-refractivity contribution in [2.24, 2.45) is 11.7 Å². The fourth-order valence-corrected chi connectivity index (χ4v) is 3.01. The molecule has 1 unspecified atom stereocenters. The highest BCUT2D eigenvalue weighted by molar-refractivity contribution is 5.79. The normalized spacial score (nSPS) is 21.4. The Kier molecular flexibility index (Phi) is 5.85. The highest BCUT2D eigenvalue weighted by Gasteiger charge is 2.30. The summed E-state index contributed by atoms with van der Waals surface area (Å²) >= 11 is 0. The summed E-state index contributed by atoms with van der Waals surface area (Å²) in [4.78, 5) is 28.1. The van der Waals surface area contributed by atoms with Crippen LogP contribution in [0.15, 0.2) is 0 Å². The van der Waals surface area contributed by atoms with Crippen LogP contribution in [0, 0.1) is 5.92 Å². The van der Waals surface area contributed by atoms with Crippen molar-refractivity contribution in [3.05, 3.63) is 0 Å². The molecule has 120 valence electrons. The smallest absolute Gasteiger partial charge is 0.319 e. The summed E-state index contributed by atoms with van der Waals surface area (Å²) in [6.07, 6.45) is 4.57. The molecule has 2 fully saturated rings. The van der Waals surface area contributed by atoms with Gasteiger partial charge in [0.05, 0.1) is 0 Å². The van der Waals surface area contributed by atoms with Crippen LogP contribution in [0.5, 0.6) is 0 Å². The number of nitrogens with zero attached hydrogens (tertiary/aromatic N) is 2. The van der Waals surface area contributed by atoms with E-state index < -0.39 is 0 Å². The Bertz CT molecular complexity index is 359. The van der Waals surface area contributed by atoms with Gasteiger partial charge in [0.15, 0.2) is 0 Å². The predicted octanol–water partition coefficient (Wildman–Crippen LogP) is 0.768. The Morgan fingerprint density at radius 1 is 1.14 bits per heavy atom. The number of nitrogens with one attached hydrogen (secondary N) is 1. The highest BCUT2D eigenvalue weighted by atomic mass is 16.2. The number of nitrogens with two attached hydrogens (primary N) is 1. The van der Waals surface area contributed by atoms with Gasteiger partial charge in [-0.1, -0.05) is 0 Å². The van der Waals surface area contributed by atoms with E-state index in [-0.39, 0.29) is 23.9 Å². The Labute approximate surface area is 127 Å². The standard InChI is InChI=1S/C15H28N4O2/c1-12(16)4-7-17-14(20)13-5-10-19(11-6-13)15(21)18-8-2-3-9-18/h12-13H,2-11,16H2,1H3,(H,17,20). The van der Waals surface area contributed by atoms with Crippen molar-refractivity contribution in [1.82, 2.24) is 15.1 Å². The average molecular weight is 296 g/mol. The molecule has 2 aliphatic rings. The maximum Gasteiger partial charge on any atom is 0.319 e. The number of hydrogen-bond donors (Lipinski definition) is 2. The number of carbonyl (C=O) groups is 2. The van der Waals surface area contributed by atoms with Crippen molar-refractivity contribution < 1.29 is 9.59 Å². The lowest BCUT2D eigenvalue weighted by atomic mass is 9.96. The van der Waals surface area contributed by atoms with Crippen LogP contribution in [0.1, 0.15) is 39.0 Å². The summed E-state index contributed by atoms with van der Waals surface area (Å²) in [5, 5.41) is 2.95. The maximum absolute atomic E-state index is 12.3. The van der Waals surface area contributed by atoms with E-state index >= 15 is 0 Å². The van der Waals surface area contributed by atoms with Gasteiger partial charge in [-0.3, -0.25) is 4.79 Å². The van der Waals surface area contributed by atoms with Crippen LogP contribution in [0.3, 0.4) is 0 Å². The molecule has 0 saturated carbocycles. The second kappa shape index (κ2) is 7.64. The van der Waals surface area contributed by atoms with Gasteiger partial charge < -0.3 is 20.9 Å². The second-order valence-corrected chi connectivity index (χ2v) is 6.30. The lowest BCUT2D eigenvalue weighted by molar-refractivity contribution is -0.126. The molecule has 2 aliphatic heterocycles. The molecule has 2 rings (SSSR count). The molecule has 6 heteroatoms. The number of piperidine rings is 1. The monoisotopic (exact) mass is 296 g/mol. The van der Waals surface area contributed by atoms with Crippen molar-refractivity contribution in [2.45, 2.75) is 45.1 Å². The summed E-state index contributed by atoms with van der Waals surface area (Å²) in [7, 11) is 0. The molecule has 0 aromatic rings. The molecule has 0 radical (unpaired) electrons. The zero-order valence-electron chi connectivity index (χ0n) is 13.0. The minimum absolute atomic E-state index is 0.0423. The minimum atomic E-state index is 0.0423. The number of likely N-dealkylation sites (tertiary alicyclic amines) is 2. The topological polar surface area (TPSA) is 78.7 Å². The van der Waals surface area contributed by atoms with E-state index in [4.69, 9.17) is 5.73 Å². The first-order chi connectivity index (χ1) is 10.1. The molecule has 3 amide bonds. The molecule has 0 bridgehead atoms. The Hall–Kier alpha value is -1.30. The summed E-state index contributed by atoms with van der Waals surface area (Å²) in [5.74, 6) is 0.157. The van der Waals surface area contributed by atoms with Crippen molar-refractivity contribution >= 4 is 11.9 Å². The third-order valence-corrected chi connectivity index (χ3v) is 4.41. The highest BCUT2D eigenvalue weighted by Crippen LogP contribution is 2.20. The Balaban J connectivity index is 1.69. The van der Waals surface area contributed by atoms with Gasteiger partial charge in [0.1, 0.15) is 0 Å². The second-order valence-electron chi connectivity index (χ2n) is 6.30. The van der Waals surface area contributed by atoms with E-state index in [9.17, 15) is 9.59 Å². The van der Waals surface area contributed by atoms with Crippen LogP contribution in [0.2, 0.25) is 0 Å². The molecule has 2 saturated heterocycles. The number of rotatable bonds is 4. The van der Waals surface area contributed by atoms with Gasteiger partial charge in [0.25, 0.3) is 0 Å². The largest absolute Gasteiger partial charge is 0.356 e. The van der Waals surface area contributed by atoms with E-state index in [0.717, 1.165) is 45.2 Å². The number of hydrogen-bond acceptors (Lipinski definition) is 3. The zero-order chi connectivity index (χ0) is 15.2. The first-order valence-corrected chi connectivity index (χ1v) is 8.15. The third kappa shape index (κ3) is 4.59. The van der Waals surface area contributed by atoms with Crippen LogP contribution in [-0.4, -0.2) is 60.5 Å². The fraction of sp³-hybridized carbons (Fsp3) is 0.867. The van der Waals surface area contributed by atoms with Crippen LogP contribution >= 0.6 is 0 Å². The lowest BCUT2D eigenvalue weighted by Crippen LogP contribution is -2.47. The molecular weight excluding hydrogens is 268 g/mol. The molecular formula is C15H28N4O2. The quantitative estimate of drug-likeness (QED) is 0.804.